The highest BCUT2D eigenvalue weighted by Crippen LogP contribution is 2.26. The fourth-order valence-corrected chi connectivity index (χ4v) is 1.83. The van der Waals surface area contributed by atoms with Gasteiger partial charge in [0.15, 0.2) is 0 Å². The molecule has 0 saturated heterocycles. The van der Waals surface area contributed by atoms with E-state index in [0.29, 0.717) is 12.0 Å². The molecular formula is C11H15BrFNO. The van der Waals surface area contributed by atoms with Gasteiger partial charge >= 0.3 is 0 Å². The molecule has 0 aliphatic rings. The standard InChI is InChI=1S/C11H15BrFNO/c1-11(2,15)6-10(14)8-5-7(12)3-4-9(8)13/h3-5,10,15H,6,14H2,1-2H3. The molecule has 1 aromatic rings. The van der Waals surface area contributed by atoms with E-state index in [0.717, 1.165) is 4.47 Å². The van der Waals surface area contributed by atoms with Crippen LogP contribution < -0.4 is 5.73 Å². The van der Waals surface area contributed by atoms with Crippen molar-refractivity contribution in [2.75, 3.05) is 0 Å². The lowest BCUT2D eigenvalue weighted by atomic mass is 9.94. The number of rotatable bonds is 3. The molecular weight excluding hydrogens is 261 g/mol. The molecule has 4 heteroatoms. The number of nitrogens with two attached hydrogens (primary N) is 1. The van der Waals surface area contributed by atoms with Gasteiger partial charge in [0.05, 0.1) is 5.60 Å². The fraction of sp³-hybridized carbons (Fsp3) is 0.455. The van der Waals surface area contributed by atoms with Crippen molar-refractivity contribution >= 4 is 15.9 Å². The van der Waals surface area contributed by atoms with E-state index in [2.05, 4.69) is 15.9 Å². The lowest BCUT2D eigenvalue weighted by molar-refractivity contribution is 0.0632. The zero-order valence-electron chi connectivity index (χ0n) is 8.80. The van der Waals surface area contributed by atoms with Crippen LogP contribution in [0.5, 0.6) is 0 Å². The van der Waals surface area contributed by atoms with Crippen molar-refractivity contribution in [1.82, 2.24) is 0 Å². The Labute approximate surface area is 97.4 Å². The summed E-state index contributed by atoms with van der Waals surface area (Å²) in [5, 5.41) is 9.60. The summed E-state index contributed by atoms with van der Waals surface area (Å²) in [5.41, 5.74) is 5.36. The van der Waals surface area contributed by atoms with Gasteiger partial charge in [-0.3, -0.25) is 0 Å². The first-order valence-electron chi connectivity index (χ1n) is 4.72. The van der Waals surface area contributed by atoms with Crippen molar-refractivity contribution in [3.8, 4) is 0 Å². The summed E-state index contributed by atoms with van der Waals surface area (Å²) < 4.78 is 14.2. The lowest BCUT2D eigenvalue weighted by Crippen LogP contribution is -2.26. The van der Waals surface area contributed by atoms with Gasteiger partial charge in [0.1, 0.15) is 5.82 Å². The van der Waals surface area contributed by atoms with Gasteiger partial charge in [-0.15, -0.1) is 0 Å². The lowest BCUT2D eigenvalue weighted by Gasteiger charge is -2.22. The SMILES string of the molecule is CC(C)(O)CC(N)c1cc(Br)ccc1F. The smallest absolute Gasteiger partial charge is 0.128 e. The quantitative estimate of drug-likeness (QED) is 0.891. The van der Waals surface area contributed by atoms with E-state index >= 15 is 0 Å². The molecule has 3 N–H and O–H groups in total. The molecule has 0 fully saturated rings. The molecule has 0 spiro atoms. The number of aliphatic hydroxyl groups is 1. The maximum absolute atomic E-state index is 13.4. The first kappa shape index (κ1) is 12.6. The van der Waals surface area contributed by atoms with E-state index < -0.39 is 11.6 Å². The molecule has 1 atom stereocenters. The third kappa shape index (κ3) is 3.89. The van der Waals surface area contributed by atoms with Crippen LogP contribution in [-0.4, -0.2) is 10.7 Å². The summed E-state index contributed by atoms with van der Waals surface area (Å²) in [5.74, 6) is -0.338. The molecule has 2 nitrogen and oxygen atoms in total. The predicted molar refractivity (Wildman–Crippen MR) is 61.9 cm³/mol. The fourth-order valence-electron chi connectivity index (χ4n) is 1.45. The Balaban J connectivity index is 2.90. The van der Waals surface area contributed by atoms with Crippen molar-refractivity contribution < 1.29 is 9.50 Å². The molecule has 1 unspecified atom stereocenters. The molecule has 0 radical (unpaired) electrons. The maximum Gasteiger partial charge on any atom is 0.128 e. The largest absolute Gasteiger partial charge is 0.390 e. The molecule has 0 aromatic heterocycles. The minimum Gasteiger partial charge on any atom is -0.390 e. The average Bonchev–Trinajstić information content (AvgIpc) is 2.06. The monoisotopic (exact) mass is 275 g/mol. The Kier molecular flexibility index (Phi) is 3.87. The van der Waals surface area contributed by atoms with Gasteiger partial charge in [-0.25, -0.2) is 4.39 Å². The molecule has 0 aliphatic carbocycles. The second-order valence-corrected chi connectivity index (χ2v) is 5.20. The van der Waals surface area contributed by atoms with Crippen LogP contribution in [0.15, 0.2) is 22.7 Å². The normalized spacial score (nSPS) is 14.0. The minimum absolute atomic E-state index is 0.320. The van der Waals surface area contributed by atoms with E-state index in [1.165, 1.54) is 6.07 Å². The first-order valence-corrected chi connectivity index (χ1v) is 5.52. The van der Waals surface area contributed by atoms with Gasteiger partial charge in [0.2, 0.25) is 0 Å². The van der Waals surface area contributed by atoms with Crippen LogP contribution in [0.4, 0.5) is 4.39 Å². The van der Waals surface area contributed by atoms with E-state index in [4.69, 9.17) is 5.73 Å². The number of hydrogen-bond acceptors (Lipinski definition) is 2. The zero-order valence-corrected chi connectivity index (χ0v) is 10.4. The van der Waals surface area contributed by atoms with Gasteiger partial charge in [0, 0.05) is 16.1 Å². The number of halogens is 2. The Morgan fingerprint density at radius 3 is 2.67 bits per heavy atom. The maximum atomic E-state index is 13.4. The third-order valence-electron chi connectivity index (χ3n) is 2.08. The van der Waals surface area contributed by atoms with E-state index in [1.807, 2.05) is 0 Å². The van der Waals surface area contributed by atoms with Gasteiger partial charge in [-0.1, -0.05) is 15.9 Å². The first-order chi connectivity index (χ1) is 6.79. The summed E-state index contributed by atoms with van der Waals surface area (Å²) in [6, 6.07) is 4.13. The highest BCUT2D eigenvalue weighted by Gasteiger charge is 2.21. The Bertz CT molecular complexity index is 349. The molecule has 0 saturated carbocycles. The summed E-state index contributed by atoms with van der Waals surface area (Å²) in [7, 11) is 0. The van der Waals surface area contributed by atoms with Crippen molar-refractivity contribution in [2.45, 2.75) is 31.9 Å². The van der Waals surface area contributed by atoms with Crippen LogP contribution in [0.2, 0.25) is 0 Å². The van der Waals surface area contributed by atoms with E-state index in [1.54, 1.807) is 26.0 Å². The van der Waals surface area contributed by atoms with Crippen molar-refractivity contribution in [2.24, 2.45) is 5.73 Å². The Hall–Kier alpha value is -0.450. The molecule has 0 amide bonds. The van der Waals surface area contributed by atoms with Crippen LogP contribution >= 0.6 is 15.9 Å². The summed E-state index contributed by atoms with van der Waals surface area (Å²) in [4.78, 5) is 0. The average molecular weight is 276 g/mol. The minimum atomic E-state index is -0.895. The predicted octanol–water partition coefficient (Wildman–Crippen LogP) is 2.75. The van der Waals surface area contributed by atoms with E-state index in [9.17, 15) is 9.50 Å². The molecule has 15 heavy (non-hydrogen) atoms. The number of hydrogen-bond donors (Lipinski definition) is 2. The summed E-state index contributed by atoms with van der Waals surface area (Å²) >= 11 is 3.26. The molecule has 0 bridgehead atoms. The van der Waals surface area contributed by atoms with Gasteiger partial charge in [-0.05, 0) is 38.5 Å². The van der Waals surface area contributed by atoms with Gasteiger partial charge in [0.25, 0.3) is 0 Å². The summed E-state index contributed by atoms with van der Waals surface area (Å²) in [6.07, 6.45) is 0.320. The third-order valence-corrected chi connectivity index (χ3v) is 2.57. The number of benzene rings is 1. The molecule has 84 valence electrons. The van der Waals surface area contributed by atoms with Gasteiger partial charge < -0.3 is 10.8 Å². The second kappa shape index (κ2) is 4.60. The van der Waals surface area contributed by atoms with Crippen molar-refractivity contribution in [1.29, 1.82) is 0 Å². The van der Waals surface area contributed by atoms with Crippen LogP contribution in [0.25, 0.3) is 0 Å². The summed E-state index contributed by atoms with van der Waals surface area (Å²) in [6.45, 7) is 3.31. The van der Waals surface area contributed by atoms with Crippen LogP contribution in [0, 0.1) is 5.82 Å². The van der Waals surface area contributed by atoms with Crippen LogP contribution in [0.3, 0.4) is 0 Å². The van der Waals surface area contributed by atoms with Gasteiger partial charge in [-0.2, -0.15) is 0 Å². The topological polar surface area (TPSA) is 46.2 Å². The highest BCUT2D eigenvalue weighted by atomic mass is 79.9. The molecule has 1 aromatic carbocycles. The molecule has 0 heterocycles. The second-order valence-electron chi connectivity index (χ2n) is 4.29. The van der Waals surface area contributed by atoms with Crippen LogP contribution in [0.1, 0.15) is 31.9 Å². The Morgan fingerprint density at radius 2 is 2.13 bits per heavy atom. The molecule has 1 rings (SSSR count). The van der Waals surface area contributed by atoms with Crippen molar-refractivity contribution in [3.63, 3.8) is 0 Å². The highest BCUT2D eigenvalue weighted by molar-refractivity contribution is 9.10. The molecule has 0 aliphatic heterocycles. The van der Waals surface area contributed by atoms with Crippen LogP contribution in [-0.2, 0) is 0 Å². The van der Waals surface area contributed by atoms with E-state index in [-0.39, 0.29) is 5.82 Å². The van der Waals surface area contributed by atoms with Crippen molar-refractivity contribution in [3.05, 3.63) is 34.1 Å². The Morgan fingerprint density at radius 1 is 1.53 bits per heavy atom. The zero-order chi connectivity index (χ0) is 11.6.